The van der Waals surface area contributed by atoms with Crippen LogP contribution in [0.3, 0.4) is 0 Å². The quantitative estimate of drug-likeness (QED) is 0.774. The summed E-state index contributed by atoms with van der Waals surface area (Å²) in [7, 11) is -3.60. The molecule has 0 aliphatic heterocycles. The second kappa shape index (κ2) is 6.52. The molecule has 0 aliphatic rings. The van der Waals surface area contributed by atoms with Gasteiger partial charge in [-0.05, 0) is 29.8 Å². The van der Waals surface area contributed by atoms with Crippen LogP contribution >= 0.6 is 0 Å². The van der Waals surface area contributed by atoms with E-state index in [0.29, 0.717) is 16.6 Å². The van der Waals surface area contributed by atoms with E-state index in [2.05, 4.69) is 0 Å². The number of benzene rings is 2. The minimum absolute atomic E-state index is 0.0893. The first-order chi connectivity index (χ1) is 11.8. The number of nitrogens with one attached hydrogen (secondary N) is 1. The van der Waals surface area contributed by atoms with E-state index in [4.69, 9.17) is 0 Å². The van der Waals surface area contributed by atoms with Gasteiger partial charge < -0.3 is 0 Å². The van der Waals surface area contributed by atoms with Gasteiger partial charge in [-0.3, -0.25) is 18.9 Å². The Morgan fingerprint density at radius 1 is 1.00 bits per heavy atom. The molecule has 6 nitrogen and oxygen atoms in total. The predicted molar refractivity (Wildman–Crippen MR) is 94.8 cm³/mol. The highest BCUT2D eigenvalue weighted by atomic mass is 32.2. The van der Waals surface area contributed by atoms with E-state index in [1.807, 2.05) is 10.8 Å². The first-order valence-electron chi connectivity index (χ1n) is 7.54. The number of nitrogens with zero attached hydrogens (tertiary/aromatic N) is 1. The zero-order chi connectivity index (χ0) is 18.0. The van der Waals surface area contributed by atoms with Crippen LogP contribution in [0.5, 0.6) is 0 Å². The molecule has 0 saturated carbocycles. The van der Waals surface area contributed by atoms with Gasteiger partial charge in [0.05, 0.1) is 18.2 Å². The Morgan fingerprint density at radius 3 is 2.40 bits per heavy atom. The van der Waals surface area contributed by atoms with Crippen LogP contribution in [0.2, 0.25) is 0 Å². The molecule has 1 heterocycles. The van der Waals surface area contributed by atoms with Gasteiger partial charge in [0.15, 0.2) is 0 Å². The van der Waals surface area contributed by atoms with Crippen molar-refractivity contribution in [3.63, 3.8) is 0 Å². The summed E-state index contributed by atoms with van der Waals surface area (Å²) in [6.45, 7) is 0. The molecule has 128 valence electrons. The highest BCUT2D eigenvalue weighted by Gasteiger charge is 2.15. The van der Waals surface area contributed by atoms with E-state index in [-0.39, 0.29) is 12.3 Å². The fourth-order valence-electron chi connectivity index (χ4n) is 2.70. The third-order valence-corrected chi connectivity index (χ3v) is 4.31. The summed E-state index contributed by atoms with van der Waals surface area (Å²) in [5, 5.41) is 0.732. The largest absolute Gasteiger partial charge is 0.283 e. The van der Waals surface area contributed by atoms with E-state index in [1.54, 1.807) is 54.7 Å². The van der Waals surface area contributed by atoms with E-state index in [9.17, 15) is 18.0 Å². The molecule has 3 rings (SSSR count). The van der Waals surface area contributed by atoms with Gasteiger partial charge in [-0.25, -0.2) is 8.42 Å². The molecular formula is C18H16N2O4S. The van der Waals surface area contributed by atoms with E-state index in [0.717, 1.165) is 11.6 Å². The van der Waals surface area contributed by atoms with Crippen LogP contribution in [-0.2, 0) is 21.2 Å². The lowest BCUT2D eigenvalue weighted by atomic mass is 10.1. The third kappa shape index (κ3) is 3.77. The maximum absolute atomic E-state index is 12.6. The summed E-state index contributed by atoms with van der Waals surface area (Å²) >= 11 is 0. The van der Waals surface area contributed by atoms with Crippen LogP contribution in [0.1, 0.15) is 15.9 Å². The predicted octanol–water partition coefficient (Wildman–Crippen LogP) is 1.95. The summed E-state index contributed by atoms with van der Waals surface area (Å²) in [5.74, 6) is -0.787. The summed E-state index contributed by atoms with van der Waals surface area (Å²) in [6.07, 6.45) is 2.49. The fourth-order valence-corrected chi connectivity index (χ4v) is 3.18. The van der Waals surface area contributed by atoms with Gasteiger partial charge in [0.2, 0.25) is 15.9 Å². The third-order valence-electron chi connectivity index (χ3n) is 3.71. The first-order valence-corrected chi connectivity index (χ1v) is 9.43. The Kier molecular flexibility index (Phi) is 4.41. The van der Waals surface area contributed by atoms with Gasteiger partial charge in [-0.15, -0.1) is 0 Å². The van der Waals surface area contributed by atoms with Gasteiger partial charge in [0, 0.05) is 17.1 Å². The van der Waals surface area contributed by atoms with Gasteiger partial charge in [-0.1, -0.05) is 30.3 Å². The molecule has 3 aromatic rings. The molecule has 0 fully saturated rings. The van der Waals surface area contributed by atoms with E-state index in [1.165, 1.54) is 4.57 Å². The molecule has 0 atom stereocenters. The standard InChI is InChI=1S/C18H16N2O4S/c1-25(23,24)19-17(21)12-14-8-5-9-16-15(14)10-11-20(16)18(22)13-6-3-2-4-7-13/h2-11H,12H2,1H3,(H,19,21). The highest BCUT2D eigenvalue weighted by molar-refractivity contribution is 7.89. The summed E-state index contributed by atoms with van der Waals surface area (Å²) in [4.78, 5) is 24.5. The van der Waals surface area contributed by atoms with Crippen LogP contribution in [-0.4, -0.2) is 31.1 Å². The Balaban J connectivity index is 1.95. The normalized spacial score (nSPS) is 11.4. The molecule has 7 heteroatoms. The number of aromatic nitrogens is 1. The number of carbonyl (C=O) groups excluding carboxylic acids is 2. The Morgan fingerprint density at radius 2 is 1.72 bits per heavy atom. The molecule has 0 unspecified atom stereocenters. The smallest absolute Gasteiger partial charge is 0.262 e. The van der Waals surface area contributed by atoms with Gasteiger partial charge in [-0.2, -0.15) is 0 Å². The minimum Gasteiger partial charge on any atom is -0.283 e. The zero-order valence-corrected chi connectivity index (χ0v) is 14.3. The summed E-state index contributed by atoms with van der Waals surface area (Å²) < 4.78 is 25.8. The van der Waals surface area contributed by atoms with Gasteiger partial charge >= 0.3 is 0 Å². The number of hydrogen-bond donors (Lipinski definition) is 1. The molecule has 2 aromatic carbocycles. The number of hydrogen-bond acceptors (Lipinski definition) is 4. The van der Waals surface area contributed by atoms with Crippen LogP contribution in [0.15, 0.2) is 60.8 Å². The molecule has 0 aliphatic carbocycles. The second-order valence-electron chi connectivity index (χ2n) is 5.68. The molecular weight excluding hydrogens is 340 g/mol. The van der Waals surface area contributed by atoms with Crippen molar-refractivity contribution >= 4 is 32.7 Å². The van der Waals surface area contributed by atoms with Crippen LogP contribution in [0.4, 0.5) is 0 Å². The lowest BCUT2D eigenvalue weighted by Crippen LogP contribution is -2.30. The SMILES string of the molecule is CS(=O)(=O)NC(=O)Cc1cccc2c1ccn2C(=O)c1ccccc1. The van der Waals surface area contributed by atoms with Crippen LogP contribution < -0.4 is 4.72 Å². The van der Waals surface area contributed by atoms with Crippen molar-refractivity contribution in [2.75, 3.05) is 6.26 Å². The van der Waals surface area contributed by atoms with Crippen molar-refractivity contribution in [2.45, 2.75) is 6.42 Å². The van der Waals surface area contributed by atoms with Gasteiger partial charge in [0.1, 0.15) is 0 Å². The Bertz CT molecular complexity index is 1050. The number of sulfonamides is 1. The number of fused-ring (bicyclic) bond motifs is 1. The molecule has 0 radical (unpaired) electrons. The Labute approximate surface area is 145 Å². The monoisotopic (exact) mass is 356 g/mol. The number of amides is 1. The molecule has 0 saturated heterocycles. The molecule has 1 N–H and O–H groups in total. The molecule has 1 aromatic heterocycles. The molecule has 1 amide bonds. The van der Waals surface area contributed by atoms with E-state index < -0.39 is 15.9 Å². The lowest BCUT2D eigenvalue weighted by Gasteiger charge is -2.07. The van der Waals surface area contributed by atoms with Crippen LogP contribution in [0, 0.1) is 0 Å². The number of carbonyl (C=O) groups is 2. The van der Waals surface area contributed by atoms with Crippen molar-refractivity contribution in [1.82, 2.24) is 9.29 Å². The Hall–Kier alpha value is -2.93. The van der Waals surface area contributed by atoms with Crippen LogP contribution in [0.25, 0.3) is 10.9 Å². The van der Waals surface area contributed by atoms with Gasteiger partial charge in [0.25, 0.3) is 5.91 Å². The second-order valence-corrected chi connectivity index (χ2v) is 7.43. The summed E-state index contributed by atoms with van der Waals surface area (Å²) in [5.41, 5.74) is 1.87. The molecule has 0 spiro atoms. The van der Waals surface area contributed by atoms with Crippen molar-refractivity contribution in [1.29, 1.82) is 0 Å². The maximum Gasteiger partial charge on any atom is 0.262 e. The van der Waals surface area contributed by atoms with Crippen molar-refractivity contribution in [2.24, 2.45) is 0 Å². The molecule has 0 bridgehead atoms. The number of rotatable bonds is 4. The van der Waals surface area contributed by atoms with E-state index >= 15 is 0 Å². The topological polar surface area (TPSA) is 85.2 Å². The van der Waals surface area contributed by atoms with Crippen molar-refractivity contribution in [3.05, 3.63) is 71.9 Å². The average molecular weight is 356 g/mol. The highest BCUT2D eigenvalue weighted by Crippen LogP contribution is 2.22. The zero-order valence-electron chi connectivity index (χ0n) is 13.5. The average Bonchev–Trinajstić information content (AvgIpc) is 2.98. The maximum atomic E-state index is 12.6. The molecule has 25 heavy (non-hydrogen) atoms. The minimum atomic E-state index is -3.60. The lowest BCUT2D eigenvalue weighted by molar-refractivity contribution is -0.118. The first kappa shape index (κ1) is 16.9. The summed E-state index contributed by atoms with van der Waals surface area (Å²) in [6, 6.07) is 15.9. The van der Waals surface area contributed by atoms with Crippen molar-refractivity contribution in [3.8, 4) is 0 Å². The van der Waals surface area contributed by atoms with Crippen molar-refractivity contribution < 1.29 is 18.0 Å². The fraction of sp³-hybridized carbons (Fsp3) is 0.111.